The zero-order valence-electron chi connectivity index (χ0n) is 6.25. The van der Waals surface area contributed by atoms with E-state index in [1.165, 1.54) is 0 Å². The van der Waals surface area contributed by atoms with E-state index in [9.17, 15) is 22.0 Å². The van der Waals surface area contributed by atoms with Gasteiger partial charge in [-0.05, 0) is 12.8 Å². The zero-order chi connectivity index (χ0) is 9.78. The van der Waals surface area contributed by atoms with Gasteiger partial charge in [-0.3, -0.25) is 0 Å². The Morgan fingerprint density at radius 1 is 1.17 bits per heavy atom. The molecule has 5 heteroatoms. The van der Waals surface area contributed by atoms with Crippen molar-refractivity contribution in [3.63, 3.8) is 0 Å². The van der Waals surface area contributed by atoms with E-state index >= 15 is 0 Å². The molecule has 0 bridgehead atoms. The molecular formula is C7H7F5. The summed E-state index contributed by atoms with van der Waals surface area (Å²) in [4.78, 5) is 0. The van der Waals surface area contributed by atoms with E-state index in [1.807, 2.05) is 0 Å². The second kappa shape index (κ2) is 2.12. The van der Waals surface area contributed by atoms with Crippen LogP contribution >= 0.6 is 0 Å². The summed E-state index contributed by atoms with van der Waals surface area (Å²) in [5, 5.41) is 0. The van der Waals surface area contributed by atoms with Crippen LogP contribution in [0.3, 0.4) is 0 Å². The summed E-state index contributed by atoms with van der Waals surface area (Å²) in [6.45, 7) is 4.00. The summed E-state index contributed by atoms with van der Waals surface area (Å²) in [5.41, 5.74) is -3.27. The molecule has 0 nitrogen and oxygen atoms in total. The molecule has 1 aliphatic carbocycles. The lowest BCUT2D eigenvalue weighted by atomic mass is 9.67. The Morgan fingerprint density at radius 2 is 1.58 bits per heavy atom. The predicted octanol–water partition coefficient (Wildman–Crippen LogP) is 2.65. The Hall–Kier alpha value is -0.350. The minimum Gasteiger partial charge on any atom is -0.236 e. The van der Waals surface area contributed by atoms with Crippen molar-refractivity contribution in [1.82, 2.24) is 0 Å². The van der Waals surface area contributed by atoms with Crippen molar-refractivity contribution < 1.29 is 22.0 Å². The number of halogens is 5. The average molecular weight is 186 g/mol. The summed E-state index contributed by atoms with van der Waals surface area (Å²) in [5.74, 6) is -10.4. The maximum Gasteiger partial charge on any atom is 0.344 e. The topological polar surface area (TPSA) is 0 Å². The molecule has 70 valence electrons. The molecule has 0 aromatic carbocycles. The average Bonchev–Trinajstić information content (AvgIpc) is 1.85. The highest BCUT2D eigenvalue weighted by Gasteiger charge is 2.82. The number of hydrogen-bond donors (Lipinski definition) is 0. The molecule has 1 aliphatic rings. The molecule has 12 heavy (non-hydrogen) atoms. The van der Waals surface area contributed by atoms with Crippen molar-refractivity contribution in [2.75, 3.05) is 0 Å². The Morgan fingerprint density at radius 3 is 1.67 bits per heavy atom. The highest BCUT2D eigenvalue weighted by molar-refractivity contribution is 5.29. The highest BCUT2D eigenvalue weighted by atomic mass is 19.3. The fourth-order valence-electron chi connectivity index (χ4n) is 1.07. The van der Waals surface area contributed by atoms with E-state index in [2.05, 4.69) is 6.92 Å². The lowest BCUT2D eigenvalue weighted by molar-refractivity contribution is -0.323. The van der Waals surface area contributed by atoms with E-state index in [0.29, 0.717) is 0 Å². The molecule has 0 N–H and O–H groups in total. The molecule has 1 fully saturated rings. The molecule has 0 amide bonds. The molecular weight excluding hydrogens is 179 g/mol. The number of hydrogen-bond acceptors (Lipinski definition) is 0. The van der Waals surface area contributed by atoms with Gasteiger partial charge < -0.3 is 0 Å². The van der Waals surface area contributed by atoms with E-state index < -0.39 is 23.4 Å². The van der Waals surface area contributed by atoms with Crippen LogP contribution in [0, 0.1) is 19.3 Å². The van der Waals surface area contributed by atoms with Crippen LogP contribution < -0.4 is 0 Å². The van der Waals surface area contributed by atoms with Gasteiger partial charge in [0.1, 0.15) is 0 Å². The Balaban J connectivity index is 2.91. The van der Waals surface area contributed by atoms with Crippen LogP contribution in [-0.2, 0) is 0 Å². The summed E-state index contributed by atoms with van der Waals surface area (Å²) in [7, 11) is 0. The maximum absolute atomic E-state index is 13.0. The van der Waals surface area contributed by atoms with E-state index in [0.717, 1.165) is 6.92 Å². The van der Waals surface area contributed by atoms with Gasteiger partial charge in [-0.1, -0.05) is 6.92 Å². The quantitative estimate of drug-likeness (QED) is 0.552. The van der Waals surface area contributed by atoms with Crippen LogP contribution in [-0.4, -0.2) is 17.5 Å². The van der Waals surface area contributed by atoms with Crippen LogP contribution in [0.1, 0.15) is 6.92 Å². The SMILES string of the molecule is [CH2]C(C)C1(F)[CH]C(F)(F)C1(F)F. The molecule has 1 rings (SSSR count). The van der Waals surface area contributed by atoms with E-state index in [-0.39, 0.29) is 6.42 Å². The smallest absolute Gasteiger partial charge is 0.236 e. The van der Waals surface area contributed by atoms with Crippen LogP contribution in [0.4, 0.5) is 22.0 Å². The first-order valence-corrected chi connectivity index (χ1v) is 3.30. The first-order chi connectivity index (χ1) is 5.15. The zero-order valence-corrected chi connectivity index (χ0v) is 6.25. The predicted molar refractivity (Wildman–Crippen MR) is 32.6 cm³/mol. The van der Waals surface area contributed by atoms with Crippen molar-refractivity contribution in [2.45, 2.75) is 24.4 Å². The van der Waals surface area contributed by atoms with Gasteiger partial charge >= 0.3 is 11.8 Å². The van der Waals surface area contributed by atoms with Crippen molar-refractivity contribution in [3.05, 3.63) is 13.3 Å². The van der Waals surface area contributed by atoms with Crippen molar-refractivity contribution in [1.29, 1.82) is 0 Å². The van der Waals surface area contributed by atoms with Gasteiger partial charge in [0, 0.05) is 0 Å². The third-order valence-electron chi connectivity index (χ3n) is 2.01. The van der Waals surface area contributed by atoms with Crippen molar-refractivity contribution in [3.8, 4) is 0 Å². The second-order valence-corrected chi connectivity index (χ2v) is 3.01. The first-order valence-electron chi connectivity index (χ1n) is 3.30. The number of rotatable bonds is 1. The van der Waals surface area contributed by atoms with Crippen LogP contribution in [0.5, 0.6) is 0 Å². The third-order valence-corrected chi connectivity index (χ3v) is 2.01. The monoisotopic (exact) mass is 186 g/mol. The summed E-state index contributed by atoms with van der Waals surface area (Å²) in [6.07, 6.45) is -0.280. The fourth-order valence-corrected chi connectivity index (χ4v) is 1.07. The molecule has 2 atom stereocenters. The molecule has 2 unspecified atom stereocenters. The lowest BCUT2D eigenvalue weighted by Crippen LogP contribution is -2.72. The van der Waals surface area contributed by atoms with E-state index in [4.69, 9.17) is 0 Å². The van der Waals surface area contributed by atoms with Gasteiger partial charge in [0.05, 0.1) is 6.42 Å². The molecule has 0 spiro atoms. The molecule has 0 aromatic rings. The minimum atomic E-state index is -4.62. The molecule has 2 radical (unpaired) electrons. The fraction of sp³-hybridized carbons (Fsp3) is 0.714. The molecule has 0 aromatic heterocycles. The third kappa shape index (κ3) is 0.821. The van der Waals surface area contributed by atoms with Crippen molar-refractivity contribution in [2.24, 2.45) is 5.92 Å². The van der Waals surface area contributed by atoms with Crippen LogP contribution in [0.25, 0.3) is 0 Å². The lowest BCUT2D eigenvalue weighted by Gasteiger charge is -2.50. The van der Waals surface area contributed by atoms with Crippen LogP contribution in [0.15, 0.2) is 0 Å². The van der Waals surface area contributed by atoms with Gasteiger partial charge in [-0.2, -0.15) is 17.6 Å². The Labute approximate surface area is 66.8 Å². The second-order valence-electron chi connectivity index (χ2n) is 3.01. The molecule has 0 heterocycles. The Kier molecular flexibility index (Phi) is 1.72. The Bertz CT molecular complexity index is 195. The van der Waals surface area contributed by atoms with E-state index in [1.54, 1.807) is 0 Å². The summed E-state index contributed by atoms with van der Waals surface area (Å²) >= 11 is 0. The summed E-state index contributed by atoms with van der Waals surface area (Å²) in [6, 6.07) is 0. The molecule has 0 aliphatic heterocycles. The van der Waals surface area contributed by atoms with Gasteiger partial charge in [-0.15, -0.1) is 0 Å². The molecule has 1 saturated carbocycles. The van der Waals surface area contributed by atoms with Crippen LogP contribution in [0.2, 0.25) is 0 Å². The van der Waals surface area contributed by atoms with Gasteiger partial charge in [-0.25, -0.2) is 4.39 Å². The minimum absolute atomic E-state index is 0.280. The number of alkyl halides is 5. The van der Waals surface area contributed by atoms with Gasteiger partial charge in [0.25, 0.3) is 0 Å². The standard InChI is InChI=1S/C7H7F5/c1-4(2)5(8)3-6(9,10)7(5,11)12/h3-4H,1H2,2H3. The van der Waals surface area contributed by atoms with Gasteiger partial charge in [0.15, 0.2) is 5.67 Å². The largest absolute Gasteiger partial charge is 0.344 e. The maximum atomic E-state index is 13.0. The first kappa shape index (κ1) is 9.74. The van der Waals surface area contributed by atoms with Crippen molar-refractivity contribution >= 4 is 0 Å². The normalized spacial score (nSPS) is 38.0. The van der Waals surface area contributed by atoms with Gasteiger partial charge in [0.2, 0.25) is 0 Å². The summed E-state index contributed by atoms with van der Waals surface area (Å²) < 4.78 is 62.0. The molecule has 0 saturated heterocycles. The highest BCUT2D eigenvalue weighted by Crippen LogP contribution is 2.61.